The fourth-order valence-corrected chi connectivity index (χ4v) is 2.27. The van der Waals surface area contributed by atoms with Gasteiger partial charge < -0.3 is 24.6 Å². The summed E-state index contributed by atoms with van der Waals surface area (Å²) >= 11 is 0. The van der Waals surface area contributed by atoms with Crippen molar-refractivity contribution in [3.05, 3.63) is 35.9 Å². The van der Waals surface area contributed by atoms with Crippen LogP contribution in [0.15, 0.2) is 34.6 Å². The number of amides is 2. The Labute approximate surface area is 144 Å². The van der Waals surface area contributed by atoms with Gasteiger partial charge in [0.25, 0.3) is 11.8 Å². The summed E-state index contributed by atoms with van der Waals surface area (Å²) in [6.07, 6.45) is 2.82. The molecule has 1 unspecified atom stereocenters. The highest BCUT2D eigenvalue weighted by molar-refractivity contribution is 5.99. The lowest BCUT2D eigenvalue weighted by atomic mass is 10.2. The Morgan fingerprint density at radius 2 is 2.04 bits per heavy atom. The molecule has 2 heterocycles. The van der Waals surface area contributed by atoms with Crippen LogP contribution in [0.2, 0.25) is 0 Å². The molecule has 1 aromatic heterocycles. The molecular weight excluding hydrogens is 328 g/mol. The van der Waals surface area contributed by atoms with E-state index in [0.29, 0.717) is 26.2 Å². The van der Waals surface area contributed by atoms with Crippen LogP contribution in [-0.4, -0.2) is 64.9 Å². The SMILES string of the molecule is CC(NC(=O)/C(C#N)=C\N1CCN(C(=O)c2ccco2)CC1)C(=O)O. The molecule has 1 saturated heterocycles. The third-order valence-electron chi connectivity index (χ3n) is 3.73. The molecule has 0 spiro atoms. The molecule has 0 aliphatic carbocycles. The Kier molecular flexibility index (Phi) is 5.79. The second-order valence-corrected chi connectivity index (χ2v) is 5.49. The van der Waals surface area contributed by atoms with E-state index in [-0.39, 0.29) is 17.2 Å². The van der Waals surface area contributed by atoms with E-state index in [1.807, 2.05) is 0 Å². The van der Waals surface area contributed by atoms with Gasteiger partial charge in [0, 0.05) is 32.4 Å². The van der Waals surface area contributed by atoms with Gasteiger partial charge in [0.2, 0.25) is 0 Å². The molecular formula is C16H18N4O5. The maximum atomic E-state index is 12.2. The Balaban J connectivity index is 1.93. The summed E-state index contributed by atoms with van der Waals surface area (Å²) in [6, 6.07) is 3.91. The smallest absolute Gasteiger partial charge is 0.325 e. The van der Waals surface area contributed by atoms with Crippen LogP contribution in [0.1, 0.15) is 17.5 Å². The van der Waals surface area contributed by atoms with Gasteiger partial charge in [-0.25, -0.2) is 0 Å². The van der Waals surface area contributed by atoms with E-state index < -0.39 is 17.9 Å². The second-order valence-electron chi connectivity index (χ2n) is 5.49. The summed E-state index contributed by atoms with van der Waals surface area (Å²) in [4.78, 5) is 38.2. The first-order chi connectivity index (χ1) is 11.9. The van der Waals surface area contributed by atoms with E-state index in [0.717, 1.165) is 0 Å². The summed E-state index contributed by atoms with van der Waals surface area (Å²) in [5.41, 5.74) is -0.182. The lowest BCUT2D eigenvalue weighted by molar-refractivity contribution is -0.140. The van der Waals surface area contributed by atoms with E-state index in [1.54, 1.807) is 28.0 Å². The van der Waals surface area contributed by atoms with E-state index >= 15 is 0 Å². The topological polar surface area (TPSA) is 127 Å². The molecule has 0 saturated carbocycles. The predicted octanol–water partition coefficient (Wildman–Crippen LogP) is 0.0342. The van der Waals surface area contributed by atoms with Crippen LogP contribution < -0.4 is 5.32 Å². The summed E-state index contributed by atoms with van der Waals surface area (Å²) in [5, 5.41) is 20.1. The maximum absolute atomic E-state index is 12.2. The van der Waals surface area contributed by atoms with Gasteiger partial charge in [-0.2, -0.15) is 5.26 Å². The van der Waals surface area contributed by atoms with Crippen molar-refractivity contribution in [3.63, 3.8) is 0 Å². The van der Waals surface area contributed by atoms with Gasteiger partial charge in [-0.05, 0) is 19.1 Å². The molecule has 1 atom stereocenters. The van der Waals surface area contributed by atoms with Crippen LogP contribution in [-0.2, 0) is 9.59 Å². The van der Waals surface area contributed by atoms with E-state index in [4.69, 9.17) is 14.8 Å². The lowest BCUT2D eigenvalue weighted by Crippen LogP contribution is -2.47. The van der Waals surface area contributed by atoms with Crippen LogP contribution in [0.4, 0.5) is 0 Å². The third-order valence-corrected chi connectivity index (χ3v) is 3.73. The Hall–Kier alpha value is -3.28. The molecule has 25 heavy (non-hydrogen) atoms. The van der Waals surface area contributed by atoms with Crippen LogP contribution >= 0.6 is 0 Å². The maximum Gasteiger partial charge on any atom is 0.325 e. The number of piperazine rings is 1. The number of rotatable bonds is 5. The molecule has 1 aromatic rings. The zero-order valence-corrected chi connectivity index (χ0v) is 13.6. The fourth-order valence-electron chi connectivity index (χ4n) is 2.27. The van der Waals surface area contributed by atoms with Crippen molar-refractivity contribution in [1.29, 1.82) is 5.26 Å². The largest absolute Gasteiger partial charge is 0.480 e. The zero-order valence-electron chi connectivity index (χ0n) is 13.6. The summed E-state index contributed by atoms with van der Waals surface area (Å²) in [5.74, 6) is -1.87. The molecule has 0 aromatic carbocycles. The standard InChI is InChI=1S/C16H18N4O5/c1-11(16(23)24)18-14(21)12(9-17)10-19-4-6-20(7-5-19)15(22)13-3-2-8-25-13/h2-3,8,10-11H,4-7H2,1H3,(H,18,21)(H,23,24)/b12-10-. The predicted molar refractivity (Wildman–Crippen MR) is 85.1 cm³/mol. The van der Waals surface area contributed by atoms with Crippen molar-refractivity contribution in [2.45, 2.75) is 13.0 Å². The number of hydrogen-bond donors (Lipinski definition) is 2. The Morgan fingerprint density at radius 3 is 2.56 bits per heavy atom. The molecule has 9 nitrogen and oxygen atoms in total. The molecule has 0 bridgehead atoms. The first-order valence-electron chi connectivity index (χ1n) is 7.64. The molecule has 1 fully saturated rings. The van der Waals surface area contributed by atoms with E-state index in [2.05, 4.69) is 5.32 Å². The van der Waals surface area contributed by atoms with Crippen molar-refractivity contribution in [1.82, 2.24) is 15.1 Å². The van der Waals surface area contributed by atoms with Gasteiger partial charge in [0.15, 0.2) is 5.76 Å². The van der Waals surface area contributed by atoms with Gasteiger partial charge in [-0.3, -0.25) is 14.4 Å². The van der Waals surface area contributed by atoms with Crippen molar-refractivity contribution in [2.24, 2.45) is 0 Å². The first kappa shape index (κ1) is 18.1. The van der Waals surface area contributed by atoms with Crippen LogP contribution in [0.5, 0.6) is 0 Å². The summed E-state index contributed by atoms with van der Waals surface area (Å²) < 4.78 is 5.08. The minimum absolute atomic E-state index is 0.182. The molecule has 1 aliphatic rings. The Morgan fingerprint density at radius 1 is 1.36 bits per heavy atom. The summed E-state index contributed by atoms with van der Waals surface area (Å²) in [6.45, 7) is 3.04. The van der Waals surface area contributed by atoms with Crippen LogP contribution in [0.3, 0.4) is 0 Å². The number of carbonyl (C=O) groups excluding carboxylic acids is 2. The number of carbonyl (C=O) groups is 3. The minimum atomic E-state index is -1.18. The highest BCUT2D eigenvalue weighted by atomic mass is 16.4. The molecule has 2 N–H and O–H groups in total. The molecule has 0 radical (unpaired) electrons. The highest BCUT2D eigenvalue weighted by Gasteiger charge is 2.24. The van der Waals surface area contributed by atoms with Gasteiger partial charge in [-0.15, -0.1) is 0 Å². The highest BCUT2D eigenvalue weighted by Crippen LogP contribution is 2.10. The van der Waals surface area contributed by atoms with Gasteiger partial charge >= 0.3 is 5.97 Å². The molecule has 132 valence electrons. The number of nitrogens with zero attached hydrogens (tertiary/aromatic N) is 3. The number of nitrogens with one attached hydrogen (secondary N) is 1. The minimum Gasteiger partial charge on any atom is -0.480 e. The van der Waals surface area contributed by atoms with E-state index in [9.17, 15) is 14.4 Å². The van der Waals surface area contributed by atoms with Crippen LogP contribution in [0, 0.1) is 11.3 Å². The third kappa shape index (κ3) is 4.60. The zero-order chi connectivity index (χ0) is 18.4. The number of aliphatic carboxylic acids is 1. The van der Waals surface area contributed by atoms with Gasteiger partial charge in [-0.1, -0.05) is 0 Å². The number of hydrogen-bond acceptors (Lipinski definition) is 6. The average molecular weight is 346 g/mol. The van der Waals surface area contributed by atoms with Crippen molar-refractivity contribution >= 4 is 17.8 Å². The summed E-state index contributed by atoms with van der Waals surface area (Å²) in [7, 11) is 0. The molecule has 9 heteroatoms. The molecule has 2 rings (SSSR count). The number of carboxylic acid groups (broad SMARTS) is 1. The normalized spacial score (nSPS) is 16.1. The van der Waals surface area contributed by atoms with Crippen molar-refractivity contribution < 1.29 is 23.9 Å². The number of carboxylic acids is 1. The Bertz CT molecular complexity index is 711. The monoisotopic (exact) mass is 346 g/mol. The quantitative estimate of drug-likeness (QED) is 0.569. The van der Waals surface area contributed by atoms with Gasteiger partial charge in [0.05, 0.1) is 6.26 Å². The lowest BCUT2D eigenvalue weighted by Gasteiger charge is -2.33. The van der Waals surface area contributed by atoms with Gasteiger partial charge in [0.1, 0.15) is 17.7 Å². The number of nitriles is 1. The van der Waals surface area contributed by atoms with Crippen molar-refractivity contribution in [2.75, 3.05) is 26.2 Å². The molecule has 1 aliphatic heterocycles. The van der Waals surface area contributed by atoms with E-state index in [1.165, 1.54) is 19.4 Å². The fraction of sp³-hybridized carbons (Fsp3) is 0.375. The van der Waals surface area contributed by atoms with Crippen molar-refractivity contribution in [3.8, 4) is 6.07 Å². The van der Waals surface area contributed by atoms with Crippen LogP contribution in [0.25, 0.3) is 0 Å². The molecule has 2 amide bonds. The average Bonchev–Trinajstić information content (AvgIpc) is 3.13. The number of furan rings is 1. The first-order valence-corrected chi connectivity index (χ1v) is 7.64. The second kappa shape index (κ2) is 8.01.